The van der Waals surface area contributed by atoms with Gasteiger partial charge in [0.2, 0.25) is 15.9 Å². The Morgan fingerprint density at radius 3 is 2.64 bits per heavy atom. The zero-order valence-corrected chi connectivity index (χ0v) is 17.9. The Morgan fingerprint density at radius 2 is 1.96 bits per heavy atom. The molecule has 10 heteroatoms. The van der Waals surface area contributed by atoms with Crippen LogP contribution in [0.4, 0.5) is 0 Å². The number of carbonyl (C=O) groups is 1. The van der Waals surface area contributed by atoms with E-state index in [0.717, 1.165) is 24.6 Å². The molecule has 154 valence electrons. The van der Waals surface area contributed by atoms with Gasteiger partial charge in [0.1, 0.15) is 5.75 Å². The quantitative estimate of drug-likeness (QED) is 0.306. The van der Waals surface area contributed by atoms with Crippen molar-refractivity contribution in [2.24, 2.45) is 0 Å². The highest BCUT2D eigenvalue weighted by Crippen LogP contribution is 2.26. The van der Waals surface area contributed by atoms with Gasteiger partial charge in [-0.1, -0.05) is 45.0 Å². The van der Waals surface area contributed by atoms with E-state index >= 15 is 0 Å². The molecule has 2 aromatic rings. The highest BCUT2D eigenvalue weighted by Gasteiger charge is 2.22. The number of unbranched alkanes of at least 4 members (excludes halogenated alkanes) is 1. The Morgan fingerprint density at radius 1 is 1.21 bits per heavy atom. The lowest BCUT2D eigenvalue weighted by Crippen LogP contribution is -2.30. The number of carbonyl (C=O) groups excluding carboxylic acids is 1. The lowest BCUT2D eigenvalue weighted by Gasteiger charge is -2.18. The molecule has 0 atom stereocenters. The lowest BCUT2D eigenvalue weighted by atomic mass is 10.2. The first kappa shape index (κ1) is 22.4. The van der Waals surface area contributed by atoms with Gasteiger partial charge in [0.15, 0.2) is 0 Å². The minimum atomic E-state index is -3.58. The van der Waals surface area contributed by atoms with Crippen molar-refractivity contribution in [3.63, 3.8) is 0 Å². The van der Waals surface area contributed by atoms with Crippen molar-refractivity contribution in [3.8, 4) is 11.5 Å². The van der Waals surface area contributed by atoms with Gasteiger partial charge in [0.05, 0.1) is 11.5 Å². The fourth-order valence-electron chi connectivity index (χ4n) is 2.38. The Hall–Kier alpha value is -1.91. The number of hydrogen-bond acceptors (Lipinski definition) is 8. The summed E-state index contributed by atoms with van der Waals surface area (Å²) in [6, 6.07) is 6.38. The smallest absolute Gasteiger partial charge is 0.316 e. The molecule has 0 saturated carbocycles. The lowest BCUT2D eigenvalue weighted by molar-refractivity contribution is -0.140. The third kappa shape index (κ3) is 5.79. The number of ether oxygens (including phenoxy) is 1. The fourth-order valence-corrected chi connectivity index (χ4v) is 4.45. The molecule has 0 amide bonds. The Labute approximate surface area is 169 Å². The van der Waals surface area contributed by atoms with E-state index in [1.54, 1.807) is 26.0 Å². The minimum Gasteiger partial charge on any atom is -0.465 e. The minimum absolute atomic E-state index is 0.0712. The molecular weight excluding hydrogens is 402 g/mol. The van der Waals surface area contributed by atoms with E-state index in [1.807, 2.05) is 6.92 Å². The summed E-state index contributed by atoms with van der Waals surface area (Å²) in [4.78, 5) is 11.8. The van der Waals surface area contributed by atoms with E-state index in [4.69, 9.17) is 9.15 Å². The van der Waals surface area contributed by atoms with Gasteiger partial charge in [-0.2, -0.15) is 4.31 Å². The maximum Gasteiger partial charge on any atom is 0.316 e. The molecule has 1 aromatic heterocycles. The van der Waals surface area contributed by atoms with Crippen LogP contribution in [0.15, 0.2) is 38.8 Å². The van der Waals surface area contributed by atoms with E-state index in [1.165, 1.54) is 16.4 Å². The van der Waals surface area contributed by atoms with Crippen molar-refractivity contribution in [3.05, 3.63) is 24.3 Å². The Balaban J connectivity index is 2.08. The average molecular weight is 428 g/mol. The van der Waals surface area contributed by atoms with Crippen LogP contribution >= 0.6 is 11.8 Å². The van der Waals surface area contributed by atoms with Gasteiger partial charge in [-0.05, 0) is 24.6 Å². The fraction of sp³-hybridized carbons (Fsp3) is 0.500. The van der Waals surface area contributed by atoms with Gasteiger partial charge in [0.25, 0.3) is 5.22 Å². The molecular formula is C18H25N3O5S2. The molecule has 2 rings (SSSR count). The molecule has 0 radical (unpaired) electrons. The normalized spacial score (nSPS) is 11.7. The van der Waals surface area contributed by atoms with Crippen molar-refractivity contribution >= 4 is 27.8 Å². The molecule has 8 nitrogen and oxygen atoms in total. The van der Waals surface area contributed by atoms with Crippen LogP contribution in [0.2, 0.25) is 0 Å². The second kappa shape index (κ2) is 10.6. The van der Waals surface area contributed by atoms with E-state index in [0.29, 0.717) is 25.3 Å². The highest BCUT2D eigenvalue weighted by molar-refractivity contribution is 7.99. The van der Waals surface area contributed by atoms with E-state index in [2.05, 4.69) is 10.2 Å². The van der Waals surface area contributed by atoms with Gasteiger partial charge in [-0.25, -0.2) is 8.42 Å². The Kier molecular flexibility index (Phi) is 8.46. The molecule has 0 aliphatic rings. The number of hydrogen-bond donors (Lipinski definition) is 0. The maximum absolute atomic E-state index is 12.7. The van der Waals surface area contributed by atoms with Crippen molar-refractivity contribution in [1.29, 1.82) is 0 Å². The number of aromatic nitrogens is 2. The summed E-state index contributed by atoms with van der Waals surface area (Å²) in [5, 5.41) is 8.07. The zero-order valence-electron chi connectivity index (χ0n) is 16.3. The first-order valence-electron chi connectivity index (χ1n) is 9.14. The molecule has 1 aromatic carbocycles. The number of nitrogens with zero attached hydrogens (tertiary/aromatic N) is 3. The van der Waals surface area contributed by atoms with Gasteiger partial charge in [-0.3, -0.25) is 4.79 Å². The van der Waals surface area contributed by atoms with Gasteiger partial charge < -0.3 is 9.15 Å². The summed E-state index contributed by atoms with van der Waals surface area (Å²) in [6.45, 7) is 6.78. The SMILES string of the molecule is CCCCOC(=O)CSc1nnc(-c2cccc(S(=O)(=O)N(CC)CC)c2)o1. The topological polar surface area (TPSA) is 103 Å². The summed E-state index contributed by atoms with van der Waals surface area (Å²) >= 11 is 1.08. The van der Waals surface area contributed by atoms with Crippen LogP contribution in [0, 0.1) is 0 Å². The molecule has 0 bridgehead atoms. The van der Waals surface area contributed by atoms with Crippen molar-refractivity contribution in [2.45, 2.75) is 43.7 Å². The van der Waals surface area contributed by atoms with Crippen LogP contribution in [0.5, 0.6) is 0 Å². The second-order valence-corrected chi connectivity index (χ2v) is 8.72. The highest BCUT2D eigenvalue weighted by atomic mass is 32.2. The summed E-state index contributed by atoms with van der Waals surface area (Å²) in [7, 11) is -3.58. The molecule has 0 saturated heterocycles. The third-order valence-corrected chi connectivity index (χ3v) is 6.74. The third-order valence-electron chi connectivity index (χ3n) is 3.91. The summed E-state index contributed by atoms with van der Waals surface area (Å²) in [6.07, 6.45) is 1.78. The zero-order chi connectivity index (χ0) is 20.6. The summed E-state index contributed by atoms with van der Waals surface area (Å²) in [5.41, 5.74) is 0.498. The van der Waals surface area contributed by atoms with Crippen molar-refractivity contribution in [2.75, 3.05) is 25.4 Å². The molecule has 1 heterocycles. The van der Waals surface area contributed by atoms with Crippen molar-refractivity contribution in [1.82, 2.24) is 14.5 Å². The van der Waals surface area contributed by atoms with Crippen LogP contribution < -0.4 is 0 Å². The first-order valence-corrected chi connectivity index (χ1v) is 11.6. The van der Waals surface area contributed by atoms with Gasteiger partial charge >= 0.3 is 5.97 Å². The van der Waals surface area contributed by atoms with Gasteiger partial charge in [-0.15, -0.1) is 10.2 Å². The predicted molar refractivity (Wildman–Crippen MR) is 106 cm³/mol. The van der Waals surface area contributed by atoms with Crippen LogP contribution in [-0.2, 0) is 19.6 Å². The van der Waals surface area contributed by atoms with Crippen LogP contribution in [0.1, 0.15) is 33.6 Å². The molecule has 0 aliphatic carbocycles. The molecule has 0 unspecified atom stereocenters. The van der Waals surface area contributed by atoms with E-state index in [9.17, 15) is 13.2 Å². The van der Waals surface area contributed by atoms with Crippen molar-refractivity contribution < 1.29 is 22.4 Å². The van der Waals surface area contributed by atoms with E-state index in [-0.39, 0.29) is 27.7 Å². The molecule has 28 heavy (non-hydrogen) atoms. The number of rotatable bonds is 11. The monoisotopic (exact) mass is 427 g/mol. The first-order chi connectivity index (χ1) is 13.4. The number of benzene rings is 1. The summed E-state index contributed by atoms with van der Waals surface area (Å²) < 4.78 is 37.3. The maximum atomic E-state index is 12.7. The largest absolute Gasteiger partial charge is 0.465 e. The number of esters is 1. The average Bonchev–Trinajstić information content (AvgIpc) is 3.16. The number of thioether (sulfide) groups is 1. The predicted octanol–water partition coefficient (Wildman–Crippen LogP) is 3.20. The standard InChI is InChI=1S/C18H25N3O5S2/c1-4-7-11-25-16(22)13-27-18-20-19-17(26-18)14-9-8-10-15(12-14)28(23,24)21(5-2)6-3/h8-10,12H,4-7,11,13H2,1-3H3. The molecule has 0 aliphatic heterocycles. The second-order valence-electron chi connectivity index (χ2n) is 5.85. The molecule has 0 fully saturated rings. The Bertz CT molecular complexity index is 879. The number of sulfonamides is 1. The molecule has 0 N–H and O–H groups in total. The van der Waals surface area contributed by atoms with Crippen LogP contribution in [0.25, 0.3) is 11.5 Å². The van der Waals surface area contributed by atoms with E-state index < -0.39 is 10.0 Å². The van der Waals surface area contributed by atoms with Crippen LogP contribution in [-0.4, -0.2) is 54.3 Å². The van der Waals surface area contributed by atoms with Gasteiger partial charge in [0, 0.05) is 18.7 Å². The molecule has 0 spiro atoms. The summed E-state index contributed by atoms with van der Waals surface area (Å²) in [5.74, 6) is -0.0780. The van der Waals surface area contributed by atoms with Crippen LogP contribution in [0.3, 0.4) is 0 Å².